The molecule has 2 aromatic rings. The second-order valence-corrected chi connectivity index (χ2v) is 5.91. The normalized spacial score (nSPS) is 10.4. The van der Waals surface area contributed by atoms with Gasteiger partial charge in [-0.25, -0.2) is 9.48 Å². The number of carbonyl (C=O) groups is 3. The fourth-order valence-electron chi connectivity index (χ4n) is 2.18. The minimum Gasteiger partial charge on any atom is -0.476 e. The molecule has 0 saturated carbocycles. The molecule has 0 aliphatic rings. The standard InChI is InChI=1S/C16H18ClN5O4/c1-2-7-21(9-14(23)18-12-5-3-11(17)4-6-12)15(24)10-22-8-13(16(25)26)19-20-22/h3-6,8H,2,7,9-10H2,1H3,(H,18,23)(H,25,26). The fraction of sp³-hybridized carbons (Fsp3) is 0.312. The Morgan fingerprint density at radius 2 is 1.96 bits per heavy atom. The van der Waals surface area contributed by atoms with E-state index in [-0.39, 0.29) is 30.6 Å². The van der Waals surface area contributed by atoms with Crippen LogP contribution in [0.5, 0.6) is 0 Å². The number of nitrogens with zero attached hydrogens (tertiary/aromatic N) is 4. The number of benzene rings is 1. The molecule has 0 aliphatic carbocycles. The Balaban J connectivity index is 1.97. The van der Waals surface area contributed by atoms with E-state index in [1.807, 2.05) is 6.92 Å². The summed E-state index contributed by atoms with van der Waals surface area (Å²) in [5.41, 5.74) is 0.325. The predicted octanol–water partition coefficient (Wildman–Crippen LogP) is 1.51. The van der Waals surface area contributed by atoms with Gasteiger partial charge in [0.1, 0.15) is 6.54 Å². The third-order valence-electron chi connectivity index (χ3n) is 3.36. The topological polar surface area (TPSA) is 117 Å². The molecule has 1 aromatic heterocycles. The zero-order chi connectivity index (χ0) is 19.1. The molecule has 0 radical (unpaired) electrons. The van der Waals surface area contributed by atoms with Crippen molar-refractivity contribution >= 4 is 35.1 Å². The van der Waals surface area contributed by atoms with E-state index in [1.54, 1.807) is 24.3 Å². The van der Waals surface area contributed by atoms with Crippen LogP contribution in [0.4, 0.5) is 5.69 Å². The Morgan fingerprint density at radius 3 is 2.54 bits per heavy atom. The van der Waals surface area contributed by atoms with Gasteiger partial charge in [-0.15, -0.1) is 5.10 Å². The molecule has 2 N–H and O–H groups in total. The Morgan fingerprint density at radius 1 is 1.27 bits per heavy atom. The van der Waals surface area contributed by atoms with Crippen LogP contribution in [-0.4, -0.2) is 55.9 Å². The summed E-state index contributed by atoms with van der Waals surface area (Å²) in [6.45, 7) is 1.94. The van der Waals surface area contributed by atoms with E-state index in [1.165, 1.54) is 4.90 Å². The smallest absolute Gasteiger partial charge is 0.358 e. The van der Waals surface area contributed by atoms with E-state index in [4.69, 9.17) is 16.7 Å². The predicted molar refractivity (Wildman–Crippen MR) is 93.9 cm³/mol. The van der Waals surface area contributed by atoms with Gasteiger partial charge in [0.25, 0.3) is 0 Å². The Kier molecular flexibility index (Phi) is 6.67. The lowest BCUT2D eigenvalue weighted by molar-refractivity contribution is -0.135. The summed E-state index contributed by atoms with van der Waals surface area (Å²) in [6, 6.07) is 6.62. The van der Waals surface area contributed by atoms with Gasteiger partial charge in [0, 0.05) is 17.3 Å². The molecular weight excluding hydrogens is 362 g/mol. The molecule has 1 heterocycles. The SMILES string of the molecule is CCCN(CC(=O)Nc1ccc(Cl)cc1)C(=O)Cn1cc(C(=O)O)nn1. The third-order valence-corrected chi connectivity index (χ3v) is 3.62. The van der Waals surface area contributed by atoms with Crippen molar-refractivity contribution in [1.29, 1.82) is 0 Å². The second kappa shape index (κ2) is 8.95. The molecule has 0 spiro atoms. The Labute approximate surface area is 154 Å². The van der Waals surface area contributed by atoms with Crippen LogP contribution in [0.3, 0.4) is 0 Å². The summed E-state index contributed by atoms with van der Waals surface area (Å²) < 4.78 is 1.13. The number of aromatic carboxylic acids is 1. The first-order valence-corrected chi connectivity index (χ1v) is 8.23. The van der Waals surface area contributed by atoms with E-state index < -0.39 is 5.97 Å². The summed E-state index contributed by atoms with van der Waals surface area (Å²) in [5, 5.41) is 19.1. The lowest BCUT2D eigenvalue weighted by Crippen LogP contribution is -2.40. The van der Waals surface area contributed by atoms with Gasteiger partial charge in [0.2, 0.25) is 11.8 Å². The third kappa shape index (κ3) is 5.55. The molecule has 0 unspecified atom stereocenters. The molecule has 9 nitrogen and oxygen atoms in total. The van der Waals surface area contributed by atoms with Crippen molar-refractivity contribution in [3.8, 4) is 0 Å². The first kappa shape index (κ1) is 19.4. The molecular formula is C16H18ClN5O4. The number of carboxylic acid groups (broad SMARTS) is 1. The van der Waals surface area contributed by atoms with Crippen LogP contribution in [0.15, 0.2) is 30.5 Å². The minimum atomic E-state index is -1.23. The molecule has 138 valence electrons. The first-order valence-electron chi connectivity index (χ1n) is 7.85. The quantitative estimate of drug-likeness (QED) is 0.717. The van der Waals surface area contributed by atoms with Crippen molar-refractivity contribution in [2.45, 2.75) is 19.9 Å². The van der Waals surface area contributed by atoms with E-state index in [0.717, 1.165) is 10.9 Å². The van der Waals surface area contributed by atoms with E-state index in [2.05, 4.69) is 15.6 Å². The van der Waals surface area contributed by atoms with Crippen LogP contribution >= 0.6 is 11.6 Å². The summed E-state index contributed by atoms with van der Waals surface area (Å²) >= 11 is 5.80. The van der Waals surface area contributed by atoms with Gasteiger partial charge in [-0.05, 0) is 30.7 Å². The zero-order valence-electron chi connectivity index (χ0n) is 14.1. The number of nitrogens with one attached hydrogen (secondary N) is 1. The maximum absolute atomic E-state index is 12.4. The molecule has 2 amide bonds. The number of halogens is 1. The Bertz CT molecular complexity index is 790. The maximum Gasteiger partial charge on any atom is 0.358 e. The first-order chi connectivity index (χ1) is 12.4. The van der Waals surface area contributed by atoms with Crippen molar-refractivity contribution < 1.29 is 19.5 Å². The number of carbonyl (C=O) groups excluding carboxylic acids is 2. The van der Waals surface area contributed by atoms with Crippen LogP contribution in [0, 0.1) is 0 Å². The lowest BCUT2D eigenvalue weighted by Gasteiger charge is -2.21. The largest absolute Gasteiger partial charge is 0.476 e. The van der Waals surface area contributed by atoms with Gasteiger partial charge in [0.15, 0.2) is 5.69 Å². The zero-order valence-corrected chi connectivity index (χ0v) is 14.8. The molecule has 0 atom stereocenters. The minimum absolute atomic E-state index is 0.129. The van der Waals surface area contributed by atoms with E-state index in [9.17, 15) is 14.4 Å². The molecule has 1 aromatic carbocycles. The van der Waals surface area contributed by atoms with Gasteiger partial charge < -0.3 is 15.3 Å². The summed E-state index contributed by atoms with van der Waals surface area (Å²) in [7, 11) is 0. The summed E-state index contributed by atoms with van der Waals surface area (Å²) in [6.07, 6.45) is 1.83. The number of hydrogen-bond acceptors (Lipinski definition) is 5. The molecule has 0 aliphatic heterocycles. The lowest BCUT2D eigenvalue weighted by atomic mass is 10.3. The van der Waals surface area contributed by atoms with Crippen molar-refractivity contribution in [1.82, 2.24) is 19.9 Å². The van der Waals surface area contributed by atoms with Crippen molar-refractivity contribution in [2.24, 2.45) is 0 Å². The number of anilines is 1. The molecule has 2 rings (SSSR count). The van der Waals surface area contributed by atoms with Gasteiger partial charge in [-0.2, -0.15) is 0 Å². The van der Waals surface area contributed by atoms with E-state index in [0.29, 0.717) is 23.7 Å². The van der Waals surface area contributed by atoms with Crippen molar-refractivity contribution in [2.75, 3.05) is 18.4 Å². The van der Waals surface area contributed by atoms with Gasteiger partial charge in [0.05, 0.1) is 12.7 Å². The van der Waals surface area contributed by atoms with Gasteiger partial charge >= 0.3 is 5.97 Å². The summed E-state index contributed by atoms with van der Waals surface area (Å²) in [4.78, 5) is 36.8. The number of aromatic nitrogens is 3. The fourth-order valence-corrected chi connectivity index (χ4v) is 2.31. The van der Waals surface area contributed by atoms with Crippen molar-refractivity contribution in [3.05, 3.63) is 41.2 Å². The Hall–Kier alpha value is -2.94. The molecule has 0 fully saturated rings. The highest BCUT2D eigenvalue weighted by Crippen LogP contribution is 2.13. The van der Waals surface area contributed by atoms with Gasteiger partial charge in [-0.1, -0.05) is 23.7 Å². The van der Waals surface area contributed by atoms with Crippen LogP contribution in [-0.2, 0) is 16.1 Å². The van der Waals surface area contributed by atoms with Crippen LogP contribution < -0.4 is 5.32 Å². The average Bonchev–Trinajstić information content (AvgIpc) is 3.05. The highest BCUT2D eigenvalue weighted by atomic mass is 35.5. The van der Waals surface area contributed by atoms with Crippen LogP contribution in [0.25, 0.3) is 0 Å². The molecule has 10 heteroatoms. The average molecular weight is 380 g/mol. The highest BCUT2D eigenvalue weighted by Gasteiger charge is 2.18. The monoisotopic (exact) mass is 379 g/mol. The molecule has 26 heavy (non-hydrogen) atoms. The second-order valence-electron chi connectivity index (χ2n) is 5.48. The van der Waals surface area contributed by atoms with E-state index >= 15 is 0 Å². The summed E-state index contributed by atoms with van der Waals surface area (Å²) in [5.74, 6) is -1.93. The molecule has 0 saturated heterocycles. The van der Waals surface area contributed by atoms with Crippen LogP contribution in [0.2, 0.25) is 5.02 Å². The van der Waals surface area contributed by atoms with Gasteiger partial charge in [-0.3, -0.25) is 9.59 Å². The van der Waals surface area contributed by atoms with Crippen LogP contribution in [0.1, 0.15) is 23.8 Å². The number of hydrogen-bond donors (Lipinski definition) is 2. The number of carboxylic acids is 1. The van der Waals surface area contributed by atoms with Crippen molar-refractivity contribution in [3.63, 3.8) is 0 Å². The number of amides is 2. The number of rotatable bonds is 8. The molecule has 0 bridgehead atoms. The maximum atomic E-state index is 12.4. The highest BCUT2D eigenvalue weighted by molar-refractivity contribution is 6.30.